The molecular weight excluding hydrogens is 416 g/mol. The number of hydrogen-bond acceptors (Lipinski definition) is 4. The number of amides is 1. The predicted octanol–water partition coefficient (Wildman–Crippen LogP) is 2.56. The molecule has 1 amide bonds. The molecule has 30 heavy (non-hydrogen) atoms. The van der Waals surface area contributed by atoms with E-state index >= 15 is 0 Å². The molecule has 164 valence electrons. The molecule has 2 heterocycles. The summed E-state index contributed by atoms with van der Waals surface area (Å²) in [5.41, 5.74) is 5.67. The number of halogens is 6. The van der Waals surface area contributed by atoms with Crippen LogP contribution in [0.1, 0.15) is 24.8 Å². The molecular formula is C18H19F6N5O. The molecule has 1 aromatic rings. The number of hydrogen-bond donors (Lipinski definition) is 3. The molecule has 6 nitrogen and oxygen atoms in total. The molecule has 2 aliphatic rings. The lowest BCUT2D eigenvalue weighted by Gasteiger charge is -2.42. The third-order valence-corrected chi connectivity index (χ3v) is 5.34. The topological polar surface area (TPSA) is 97.3 Å². The minimum absolute atomic E-state index is 0.201. The summed E-state index contributed by atoms with van der Waals surface area (Å²) in [6, 6.07) is -1.43. The monoisotopic (exact) mass is 435 g/mol. The second-order valence-corrected chi connectivity index (χ2v) is 7.42. The van der Waals surface area contributed by atoms with Crippen molar-refractivity contribution in [3.8, 4) is 0 Å². The normalized spacial score (nSPS) is 22.4. The van der Waals surface area contributed by atoms with E-state index in [0.29, 0.717) is 23.5 Å². The van der Waals surface area contributed by atoms with Gasteiger partial charge in [0.25, 0.3) is 0 Å². The van der Waals surface area contributed by atoms with Crippen LogP contribution in [-0.4, -0.2) is 58.2 Å². The smallest absolute Gasteiger partial charge is 0.328 e. The number of benzene rings is 1. The van der Waals surface area contributed by atoms with Crippen molar-refractivity contribution in [1.29, 1.82) is 10.8 Å². The zero-order chi connectivity index (χ0) is 22.4. The van der Waals surface area contributed by atoms with Gasteiger partial charge < -0.3 is 15.5 Å². The molecule has 2 saturated heterocycles. The Balaban J connectivity index is 1.67. The van der Waals surface area contributed by atoms with Crippen LogP contribution in [0.3, 0.4) is 0 Å². The number of carbonyl (C=O) groups excluding carboxylic acids is 1. The van der Waals surface area contributed by atoms with Crippen LogP contribution in [0.2, 0.25) is 0 Å². The molecule has 4 N–H and O–H groups in total. The molecule has 2 fully saturated rings. The Bertz CT molecular complexity index is 889. The van der Waals surface area contributed by atoms with Gasteiger partial charge in [-0.2, -0.15) is 13.2 Å². The first-order chi connectivity index (χ1) is 13.9. The SMILES string of the molecule is N=C1C2CC[C@@H](CN1C(=N)C(F)(F)F)N2C(=O)CC(N)Cc1cc(F)c(F)cc1F. The lowest BCUT2D eigenvalue weighted by Crippen LogP contribution is -2.62. The van der Waals surface area contributed by atoms with Gasteiger partial charge in [0.05, 0.1) is 12.1 Å². The summed E-state index contributed by atoms with van der Waals surface area (Å²) in [5, 5.41) is 15.3. The number of nitrogens with one attached hydrogen (secondary N) is 2. The van der Waals surface area contributed by atoms with E-state index < -0.39 is 59.3 Å². The first-order valence-electron chi connectivity index (χ1n) is 9.12. The second-order valence-electron chi connectivity index (χ2n) is 7.42. The van der Waals surface area contributed by atoms with Crippen LogP contribution in [0.4, 0.5) is 26.3 Å². The van der Waals surface area contributed by atoms with E-state index in [1.807, 2.05) is 0 Å². The Morgan fingerprint density at radius 2 is 1.80 bits per heavy atom. The van der Waals surface area contributed by atoms with Crippen molar-refractivity contribution in [1.82, 2.24) is 9.80 Å². The highest BCUT2D eigenvalue weighted by molar-refractivity contribution is 6.05. The van der Waals surface area contributed by atoms with Gasteiger partial charge in [0, 0.05) is 25.1 Å². The minimum atomic E-state index is -4.91. The molecule has 0 radical (unpaired) electrons. The molecule has 12 heteroatoms. The third-order valence-electron chi connectivity index (χ3n) is 5.34. The maximum Gasteiger partial charge on any atom is 0.449 e. The van der Waals surface area contributed by atoms with E-state index in [9.17, 15) is 31.1 Å². The van der Waals surface area contributed by atoms with Crippen molar-refractivity contribution in [2.45, 2.75) is 50.0 Å². The van der Waals surface area contributed by atoms with E-state index in [4.69, 9.17) is 16.6 Å². The fraction of sp³-hybridized carbons (Fsp3) is 0.500. The quantitative estimate of drug-likeness (QED) is 0.294. The average molecular weight is 435 g/mol. The van der Waals surface area contributed by atoms with Crippen molar-refractivity contribution in [3.05, 3.63) is 35.1 Å². The number of alkyl halides is 3. The summed E-state index contributed by atoms with van der Waals surface area (Å²) in [6.07, 6.45) is -4.82. The maximum atomic E-state index is 13.8. The van der Waals surface area contributed by atoms with Crippen molar-refractivity contribution in [2.24, 2.45) is 5.73 Å². The Morgan fingerprint density at radius 1 is 1.17 bits per heavy atom. The molecule has 0 aromatic heterocycles. The Hall–Kier alpha value is -2.63. The Morgan fingerprint density at radius 3 is 2.43 bits per heavy atom. The number of fused-ring (bicyclic) bond motifs is 2. The predicted molar refractivity (Wildman–Crippen MR) is 94.5 cm³/mol. The minimum Gasteiger partial charge on any atom is -0.328 e. The van der Waals surface area contributed by atoms with Gasteiger partial charge >= 0.3 is 6.18 Å². The molecule has 2 bridgehead atoms. The number of piperazine rings is 1. The van der Waals surface area contributed by atoms with E-state index in [-0.39, 0.29) is 31.4 Å². The van der Waals surface area contributed by atoms with Crippen LogP contribution >= 0.6 is 0 Å². The van der Waals surface area contributed by atoms with Gasteiger partial charge in [0.15, 0.2) is 11.6 Å². The molecule has 3 atom stereocenters. The molecule has 2 unspecified atom stereocenters. The fourth-order valence-corrected chi connectivity index (χ4v) is 3.97. The number of carbonyl (C=O) groups is 1. The Labute approximate surface area is 167 Å². The van der Waals surface area contributed by atoms with E-state index in [0.717, 1.165) is 0 Å². The summed E-state index contributed by atoms with van der Waals surface area (Å²) >= 11 is 0. The summed E-state index contributed by atoms with van der Waals surface area (Å²) in [4.78, 5) is 14.6. The number of rotatable bonds is 4. The van der Waals surface area contributed by atoms with Crippen LogP contribution in [0, 0.1) is 28.3 Å². The number of amidine groups is 2. The maximum absolute atomic E-state index is 13.8. The molecule has 3 rings (SSSR count). The lowest BCUT2D eigenvalue weighted by atomic mass is 10.0. The van der Waals surface area contributed by atoms with Gasteiger partial charge in [-0.05, 0) is 30.9 Å². The number of nitrogens with zero attached hydrogens (tertiary/aromatic N) is 2. The van der Waals surface area contributed by atoms with Crippen LogP contribution in [0.5, 0.6) is 0 Å². The van der Waals surface area contributed by atoms with Crippen LogP contribution in [0.25, 0.3) is 0 Å². The largest absolute Gasteiger partial charge is 0.449 e. The molecule has 0 saturated carbocycles. The number of likely N-dealkylation sites (tertiary alicyclic amines) is 1. The molecule has 1 aromatic carbocycles. The average Bonchev–Trinajstić information content (AvgIpc) is 2.98. The first kappa shape index (κ1) is 22.1. The van der Waals surface area contributed by atoms with Crippen LogP contribution in [-0.2, 0) is 11.2 Å². The van der Waals surface area contributed by atoms with Gasteiger partial charge in [0.1, 0.15) is 11.7 Å². The van der Waals surface area contributed by atoms with Gasteiger partial charge in [-0.25, -0.2) is 13.2 Å². The van der Waals surface area contributed by atoms with Crippen LogP contribution in [0.15, 0.2) is 12.1 Å². The van der Waals surface area contributed by atoms with E-state index in [2.05, 4.69) is 0 Å². The van der Waals surface area contributed by atoms with Gasteiger partial charge in [-0.3, -0.25) is 15.6 Å². The standard InChI is InChI=1S/C18H19F6N5O/c19-11-6-13(21)12(20)4-8(11)3-9(25)5-15(30)29-10-1-2-14(29)16(26)28(7-10)17(27)18(22,23)24/h4,6,9-10,14,26-27H,1-3,5,7,25H2/t9?,10-,14?/m0/s1. The zero-order valence-corrected chi connectivity index (χ0v) is 15.6. The van der Waals surface area contributed by atoms with Gasteiger partial charge in [-0.1, -0.05) is 0 Å². The van der Waals surface area contributed by atoms with Crippen molar-refractivity contribution in [3.63, 3.8) is 0 Å². The van der Waals surface area contributed by atoms with Crippen LogP contribution < -0.4 is 5.73 Å². The summed E-state index contributed by atoms with van der Waals surface area (Å²) in [5.74, 6) is -6.27. The molecule has 0 aliphatic carbocycles. The highest BCUT2D eigenvalue weighted by Crippen LogP contribution is 2.34. The zero-order valence-electron chi connectivity index (χ0n) is 15.6. The van der Waals surface area contributed by atoms with Crippen molar-refractivity contribution < 1.29 is 31.1 Å². The van der Waals surface area contributed by atoms with Gasteiger partial charge in [-0.15, -0.1) is 0 Å². The van der Waals surface area contributed by atoms with Crippen molar-refractivity contribution in [2.75, 3.05) is 6.54 Å². The summed E-state index contributed by atoms with van der Waals surface area (Å²) < 4.78 is 78.7. The van der Waals surface area contributed by atoms with E-state index in [1.54, 1.807) is 0 Å². The third kappa shape index (κ3) is 4.13. The lowest BCUT2D eigenvalue weighted by molar-refractivity contribution is -0.134. The molecule has 0 spiro atoms. The molecule has 2 aliphatic heterocycles. The Kier molecular flexibility index (Phi) is 5.81. The fourth-order valence-electron chi connectivity index (χ4n) is 3.97. The van der Waals surface area contributed by atoms with Crippen molar-refractivity contribution >= 4 is 17.6 Å². The summed E-state index contributed by atoms with van der Waals surface area (Å²) in [7, 11) is 0. The summed E-state index contributed by atoms with van der Waals surface area (Å²) in [6.45, 7) is -0.327. The highest BCUT2D eigenvalue weighted by Gasteiger charge is 2.50. The van der Waals surface area contributed by atoms with E-state index in [1.165, 1.54) is 4.90 Å². The first-order valence-corrected chi connectivity index (χ1v) is 9.12. The highest BCUT2D eigenvalue weighted by atomic mass is 19.4. The number of nitrogens with two attached hydrogens (primary N) is 1. The van der Waals surface area contributed by atoms with Gasteiger partial charge in [0.2, 0.25) is 11.7 Å². The second kappa shape index (κ2) is 7.89.